The Labute approximate surface area is 103 Å². The fourth-order valence-electron chi connectivity index (χ4n) is 1.36. The SMILES string of the molecule is Cc1nc(OCCOC(C)(C)C)ccc1CN. The molecule has 0 unspecified atom stereocenters. The number of pyridine rings is 1. The van der Waals surface area contributed by atoms with Crippen LogP contribution < -0.4 is 10.5 Å². The van der Waals surface area contributed by atoms with Gasteiger partial charge in [0.2, 0.25) is 5.88 Å². The van der Waals surface area contributed by atoms with Crippen molar-refractivity contribution in [1.82, 2.24) is 4.98 Å². The summed E-state index contributed by atoms with van der Waals surface area (Å²) in [4.78, 5) is 4.32. The molecule has 17 heavy (non-hydrogen) atoms. The zero-order chi connectivity index (χ0) is 12.9. The molecule has 0 saturated carbocycles. The van der Waals surface area contributed by atoms with E-state index in [-0.39, 0.29) is 5.60 Å². The van der Waals surface area contributed by atoms with Gasteiger partial charge in [0.25, 0.3) is 0 Å². The van der Waals surface area contributed by atoms with Crippen molar-refractivity contribution in [2.75, 3.05) is 13.2 Å². The zero-order valence-electron chi connectivity index (χ0n) is 11.1. The van der Waals surface area contributed by atoms with E-state index in [4.69, 9.17) is 15.2 Å². The number of ether oxygens (including phenoxy) is 2. The molecule has 0 fully saturated rings. The molecular formula is C13H22N2O2. The number of hydrogen-bond acceptors (Lipinski definition) is 4. The minimum absolute atomic E-state index is 0.129. The van der Waals surface area contributed by atoms with E-state index < -0.39 is 0 Å². The highest BCUT2D eigenvalue weighted by Gasteiger charge is 2.09. The van der Waals surface area contributed by atoms with Crippen molar-refractivity contribution in [3.63, 3.8) is 0 Å². The third kappa shape index (κ3) is 5.15. The lowest BCUT2D eigenvalue weighted by molar-refractivity contribution is -0.0168. The molecule has 0 amide bonds. The number of aryl methyl sites for hydroxylation is 1. The van der Waals surface area contributed by atoms with Crippen LogP contribution in [0.5, 0.6) is 5.88 Å². The van der Waals surface area contributed by atoms with Gasteiger partial charge in [-0.1, -0.05) is 6.07 Å². The van der Waals surface area contributed by atoms with E-state index in [0.717, 1.165) is 11.3 Å². The van der Waals surface area contributed by atoms with Crippen LogP contribution in [0.15, 0.2) is 12.1 Å². The van der Waals surface area contributed by atoms with Gasteiger partial charge in [-0.05, 0) is 33.3 Å². The maximum atomic E-state index is 5.57. The Morgan fingerprint density at radius 1 is 1.24 bits per heavy atom. The first kappa shape index (κ1) is 13.9. The van der Waals surface area contributed by atoms with Crippen molar-refractivity contribution in [2.24, 2.45) is 5.73 Å². The smallest absolute Gasteiger partial charge is 0.213 e. The number of hydrogen-bond donors (Lipinski definition) is 1. The zero-order valence-corrected chi connectivity index (χ0v) is 11.1. The third-order valence-electron chi connectivity index (χ3n) is 2.26. The van der Waals surface area contributed by atoms with Crippen molar-refractivity contribution in [2.45, 2.75) is 39.8 Å². The summed E-state index contributed by atoms with van der Waals surface area (Å²) in [6.45, 7) is 9.56. The first-order valence-corrected chi connectivity index (χ1v) is 5.86. The molecule has 1 aromatic heterocycles. The van der Waals surface area contributed by atoms with E-state index in [1.54, 1.807) is 0 Å². The van der Waals surface area contributed by atoms with Crippen molar-refractivity contribution in [1.29, 1.82) is 0 Å². The molecule has 0 aliphatic carbocycles. The average molecular weight is 238 g/mol. The summed E-state index contributed by atoms with van der Waals surface area (Å²) < 4.78 is 11.1. The van der Waals surface area contributed by atoms with E-state index in [0.29, 0.717) is 25.6 Å². The van der Waals surface area contributed by atoms with Gasteiger partial charge in [0.05, 0.1) is 12.2 Å². The summed E-state index contributed by atoms with van der Waals surface area (Å²) >= 11 is 0. The molecule has 96 valence electrons. The summed E-state index contributed by atoms with van der Waals surface area (Å²) in [6.07, 6.45) is 0. The van der Waals surface area contributed by atoms with E-state index in [1.165, 1.54) is 0 Å². The Balaban J connectivity index is 2.40. The van der Waals surface area contributed by atoms with Crippen LogP contribution in [0.4, 0.5) is 0 Å². The number of nitrogens with zero attached hydrogens (tertiary/aromatic N) is 1. The van der Waals surface area contributed by atoms with Gasteiger partial charge in [-0.15, -0.1) is 0 Å². The number of aromatic nitrogens is 1. The number of rotatable bonds is 5. The molecule has 2 N–H and O–H groups in total. The molecule has 0 atom stereocenters. The van der Waals surface area contributed by atoms with Gasteiger partial charge in [-0.3, -0.25) is 0 Å². The summed E-state index contributed by atoms with van der Waals surface area (Å²) in [5, 5.41) is 0. The first-order valence-electron chi connectivity index (χ1n) is 5.86. The molecule has 4 heteroatoms. The van der Waals surface area contributed by atoms with Crippen LogP contribution in [-0.4, -0.2) is 23.8 Å². The first-order chi connectivity index (χ1) is 7.92. The van der Waals surface area contributed by atoms with Gasteiger partial charge < -0.3 is 15.2 Å². The van der Waals surface area contributed by atoms with Crippen molar-refractivity contribution >= 4 is 0 Å². The monoisotopic (exact) mass is 238 g/mol. The summed E-state index contributed by atoms with van der Waals surface area (Å²) in [5.74, 6) is 0.622. The maximum absolute atomic E-state index is 5.57. The highest BCUT2D eigenvalue weighted by atomic mass is 16.5. The topological polar surface area (TPSA) is 57.4 Å². The molecule has 0 aliphatic rings. The molecule has 0 radical (unpaired) electrons. The molecule has 0 aliphatic heterocycles. The van der Waals surface area contributed by atoms with Gasteiger partial charge in [0.1, 0.15) is 6.61 Å². The summed E-state index contributed by atoms with van der Waals surface area (Å²) in [5.41, 5.74) is 7.40. The molecule has 0 spiro atoms. The molecule has 0 saturated heterocycles. The van der Waals surface area contributed by atoms with E-state index >= 15 is 0 Å². The van der Waals surface area contributed by atoms with Crippen LogP contribution in [0, 0.1) is 6.92 Å². The van der Waals surface area contributed by atoms with Gasteiger partial charge in [0.15, 0.2) is 0 Å². The van der Waals surface area contributed by atoms with Crippen LogP contribution >= 0.6 is 0 Å². The van der Waals surface area contributed by atoms with Crippen molar-refractivity contribution in [3.05, 3.63) is 23.4 Å². The quantitative estimate of drug-likeness (QED) is 0.798. The van der Waals surface area contributed by atoms with Crippen molar-refractivity contribution < 1.29 is 9.47 Å². The Kier molecular flexibility index (Phi) is 4.90. The molecule has 1 rings (SSSR count). The Morgan fingerprint density at radius 3 is 2.47 bits per heavy atom. The summed E-state index contributed by atoms with van der Waals surface area (Å²) in [7, 11) is 0. The second kappa shape index (κ2) is 5.98. The lowest BCUT2D eigenvalue weighted by Crippen LogP contribution is -2.22. The van der Waals surface area contributed by atoms with Gasteiger partial charge in [-0.25, -0.2) is 4.98 Å². The Hall–Kier alpha value is -1.13. The molecule has 0 aromatic carbocycles. The lowest BCUT2D eigenvalue weighted by atomic mass is 10.2. The van der Waals surface area contributed by atoms with Gasteiger partial charge in [0, 0.05) is 18.3 Å². The molecule has 1 heterocycles. The minimum Gasteiger partial charge on any atom is -0.475 e. The second-order valence-electron chi connectivity index (χ2n) is 4.91. The number of nitrogens with two attached hydrogens (primary N) is 1. The average Bonchev–Trinajstić information content (AvgIpc) is 2.23. The highest BCUT2D eigenvalue weighted by Crippen LogP contribution is 2.12. The Morgan fingerprint density at radius 2 is 1.94 bits per heavy atom. The molecule has 4 nitrogen and oxygen atoms in total. The predicted octanol–water partition coefficient (Wildman–Crippen LogP) is 2.04. The fraction of sp³-hybridized carbons (Fsp3) is 0.615. The lowest BCUT2D eigenvalue weighted by Gasteiger charge is -2.19. The van der Waals surface area contributed by atoms with Gasteiger partial charge in [-0.2, -0.15) is 0 Å². The second-order valence-corrected chi connectivity index (χ2v) is 4.91. The maximum Gasteiger partial charge on any atom is 0.213 e. The van der Waals surface area contributed by atoms with Crippen LogP contribution in [0.2, 0.25) is 0 Å². The predicted molar refractivity (Wildman–Crippen MR) is 68.1 cm³/mol. The molecular weight excluding hydrogens is 216 g/mol. The standard InChI is InChI=1S/C13H22N2O2/c1-10-11(9-14)5-6-12(15-10)16-7-8-17-13(2,3)4/h5-6H,7-9,14H2,1-4H3. The third-order valence-corrected chi connectivity index (χ3v) is 2.26. The van der Waals surface area contributed by atoms with Crippen LogP contribution in [-0.2, 0) is 11.3 Å². The van der Waals surface area contributed by atoms with Crippen LogP contribution in [0.3, 0.4) is 0 Å². The van der Waals surface area contributed by atoms with E-state index in [9.17, 15) is 0 Å². The normalized spacial score (nSPS) is 11.6. The molecule has 0 bridgehead atoms. The van der Waals surface area contributed by atoms with Gasteiger partial charge >= 0.3 is 0 Å². The van der Waals surface area contributed by atoms with Crippen molar-refractivity contribution in [3.8, 4) is 5.88 Å². The summed E-state index contributed by atoms with van der Waals surface area (Å²) in [6, 6.07) is 3.79. The van der Waals surface area contributed by atoms with E-state index in [1.807, 2.05) is 39.8 Å². The highest BCUT2D eigenvalue weighted by molar-refractivity contribution is 5.24. The van der Waals surface area contributed by atoms with Crippen LogP contribution in [0.25, 0.3) is 0 Å². The van der Waals surface area contributed by atoms with Crippen LogP contribution in [0.1, 0.15) is 32.0 Å². The molecule has 1 aromatic rings. The fourth-order valence-corrected chi connectivity index (χ4v) is 1.36. The largest absolute Gasteiger partial charge is 0.475 e. The Bertz CT molecular complexity index is 359. The minimum atomic E-state index is -0.129. The van der Waals surface area contributed by atoms with E-state index in [2.05, 4.69) is 4.98 Å².